The minimum absolute atomic E-state index is 0.279. The van der Waals surface area contributed by atoms with E-state index >= 15 is 0 Å². The predicted molar refractivity (Wildman–Crippen MR) is 123 cm³/mol. The van der Waals surface area contributed by atoms with Gasteiger partial charge in [-0.2, -0.15) is 5.26 Å². The number of nitriles is 1. The van der Waals surface area contributed by atoms with Crippen LogP contribution in [0.15, 0.2) is 21.6 Å². The fraction of sp³-hybridized carbons (Fsp3) is 0.478. The third-order valence-electron chi connectivity index (χ3n) is 5.49. The molecular formula is C23H27BrN2O2S. The molecule has 154 valence electrons. The van der Waals surface area contributed by atoms with Crippen molar-refractivity contribution in [3.8, 4) is 17.6 Å². The topological polar surface area (TPSA) is 54.6 Å². The smallest absolute Gasteiger partial charge is 0.162 e. The Morgan fingerprint density at radius 2 is 2.10 bits per heavy atom. The molecule has 29 heavy (non-hydrogen) atoms. The van der Waals surface area contributed by atoms with Crippen molar-refractivity contribution in [2.45, 2.75) is 47.0 Å². The summed E-state index contributed by atoms with van der Waals surface area (Å²) in [5.74, 6) is 1.99. The molecule has 1 aromatic carbocycles. The van der Waals surface area contributed by atoms with E-state index in [-0.39, 0.29) is 5.41 Å². The Balaban J connectivity index is 1.93. The Bertz CT molecular complexity index is 967. The maximum atomic E-state index is 9.76. The Hall–Kier alpha value is -1.84. The van der Waals surface area contributed by atoms with Gasteiger partial charge in [-0.25, -0.2) is 4.99 Å². The number of hydrogen-bond donors (Lipinski definition) is 0. The summed E-state index contributed by atoms with van der Waals surface area (Å²) in [6.07, 6.45) is 4.93. The van der Waals surface area contributed by atoms with Crippen molar-refractivity contribution < 1.29 is 9.47 Å². The van der Waals surface area contributed by atoms with Gasteiger partial charge in [-0.15, -0.1) is 11.3 Å². The number of ether oxygens (including phenoxy) is 2. The Morgan fingerprint density at radius 1 is 1.34 bits per heavy atom. The van der Waals surface area contributed by atoms with Gasteiger partial charge in [-0.3, -0.25) is 0 Å². The highest BCUT2D eigenvalue weighted by molar-refractivity contribution is 9.10. The molecule has 0 spiro atoms. The molecule has 0 bridgehead atoms. The molecule has 0 fully saturated rings. The summed E-state index contributed by atoms with van der Waals surface area (Å²) in [5.41, 5.74) is 3.10. The Kier molecular flexibility index (Phi) is 6.70. The van der Waals surface area contributed by atoms with Crippen LogP contribution in [-0.2, 0) is 12.8 Å². The predicted octanol–water partition coefficient (Wildman–Crippen LogP) is 6.69. The van der Waals surface area contributed by atoms with Crippen LogP contribution in [0.2, 0.25) is 0 Å². The van der Waals surface area contributed by atoms with Crippen LogP contribution in [0.25, 0.3) is 0 Å². The third-order valence-corrected chi connectivity index (χ3v) is 7.34. The summed E-state index contributed by atoms with van der Waals surface area (Å²) in [4.78, 5) is 6.02. The van der Waals surface area contributed by atoms with Crippen molar-refractivity contribution in [2.75, 3.05) is 13.7 Å². The van der Waals surface area contributed by atoms with Crippen molar-refractivity contribution in [1.82, 2.24) is 0 Å². The number of fused-ring (bicyclic) bond motifs is 1. The number of thiophene rings is 1. The molecular weight excluding hydrogens is 448 g/mol. The summed E-state index contributed by atoms with van der Waals surface area (Å²) >= 11 is 5.25. The lowest BCUT2D eigenvalue weighted by molar-refractivity contribution is 0.218. The molecule has 1 aliphatic carbocycles. The van der Waals surface area contributed by atoms with Crippen LogP contribution >= 0.6 is 27.3 Å². The van der Waals surface area contributed by atoms with E-state index in [0.29, 0.717) is 24.0 Å². The van der Waals surface area contributed by atoms with E-state index in [0.717, 1.165) is 39.9 Å². The van der Waals surface area contributed by atoms with Gasteiger partial charge in [0.2, 0.25) is 0 Å². The molecule has 0 N–H and O–H groups in total. The van der Waals surface area contributed by atoms with Crippen molar-refractivity contribution in [1.29, 1.82) is 5.26 Å². The van der Waals surface area contributed by atoms with E-state index < -0.39 is 0 Å². The van der Waals surface area contributed by atoms with Gasteiger partial charge < -0.3 is 9.47 Å². The molecule has 6 heteroatoms. The van der Waals surface area contributed by atoms with E-state index in [2.05, 4.69) is 42.8 Å². The number of benzene rings is 1. The Labute approximate surface area is 185 Å². The van der Waals surface area contributed by atoms with Gasteiger partial charge in [0.15, 0.2) is 11.5 Å². The summed E-state index contributed by atoms with van der Waals surface area (Å²) in [7, 11) is 1.62. The normalized spacial score (nSPS) is 16.5. The quantitative estimate of drug-likeness (QED) is 0.453. The average Bonchev–Trinajstić information content (AvgIpc) is 3.03. The largest absolute Gasteiger partial charge is 0.493 e. The van der Waals surface area contributed by atoms with Crippen molar-refractivity contribution >= 4 is 38.5 Å². The first-order valence-corrected chi connectivity index (χ1v) is 11.5. The SMILES string of the molecule is CCOc1cc(Br)c(C=Nc2sc3c(c2C#N)CC[C@H](C(C)(C)C)C3)cc1OC. The monoisotopic (exact) mass is 474 g/mol. The van der Waals surface area contributed by atoms with E-state index in [1.54, 1.807) is 24.7 Å². The number of nitrogens with zero attached hydrogens (tertiary/aromatic N) is 2. The highest BCUT2D eigenvalue weighted by atomic mass is 79.9. The summed E-state index contributed by atoms with van der Waals surface area (Å²) < 4.78 is 11.9. The van der Waals surface area contributed by atoms with Crippen molar-refractivity contribution in [2.24, 2.45) is 16.3 Å². The van der Waals surface area contributed by atoms with Crippen LogP contribution in [0.5, 0.6) is 11.5 Å². The van der Waals surface area contributed by atoms with Crippen LogP contribution in [0.4, 0.5) is 5.00 Å². The first-order chi connectivity index (χ1) is 13.8. The molecule has 4 nitrogen and oxygen atoms in total. The number of methoxy groups -OCH3 is 1. The maximum absolute atomic E-state index is 9.76. The number of aliphatic imine (C=N–C) groups is 1. The summed E-state index contributed by atoms with van der Waals surface area (Å²) in [6, 6.07) is 6.18. The molecule has 0 saturated carbocycles. The number of halogens is 1. The van der Waals surface area contributed by atoms with Gasteiger partial charge in [-0.05, 0) is 71.1 Å². The zero-order valence-electron chi connectivity index (χ0n) is 17.6. The molecule has 1 aliphatic rings. The standard InChI is InChI=1S/C23H27BrN2O2S/c1-6-28-20-11-18(24)14(9-19(20)27-5)13-26-22-17(12-25)16-8-7-15(23(2,3)4)10-21(16)29-22/h9,11,13,15H,6-8,10H2,1-5H3/t15-/m0/s1. The first kappa shape index (κ1) is 21.9. The van der Waals surface area contributed by atoms with Crippen LogP contribution in [0, 0.1) is 22.7 Å². The third kappa shape index (κ3) is 4.67. The summed E-state index contributed by atoms with van der Waals surface area (Å²) in [5, 5.41) is 10.6. The average molecular weight is 475 g/mol. The van der Waals surface area contributed by atoms with Crippen LogP contribution in [0.3, 0.4) is 0 Å². The molecule has 0 amide bonds. The number of hydrogen-bond acceptors (Lipinski definition) is 5. The molecule has 1 aromatic heterocycles. The lowest BCUT2D eigenvalue weighted by Gasteiger charge is -2.33. The van der Waals surface area contributed by atoms with Crippen LogP contribution in [-0.4, -0.2) is 19.9 Å². The van der Waals surface area contributed by atoms with Crippen LogP contribution < -0.4 is 9.47 Å². The molecule has 1 heterocycles. The number of rotatable bonds is 5. The van der Waals surface area contributed by atoms with E-state index in [1.165, 1.54) is 10.4 Å². The highest BCUT2D eigenvalue weighted by Crippen LogP contribution is 2.45. The zero-order chi connectivity index (χ0) is 21.2. The minimum Gasteiger partial charge on any atom is -0.493 e. The minimum atomic E-state index is 0.279. The van der Waals surface area contributed by atoms with Gasteiger partial charge in [0.25, 0.3) is 0 Å². The molecule has 0 saturated heterocycles. The van der Waals surface area contributed by atoms with Gasteiger partial charge in [0.1, 0.15) is 11.1 Å². The molecule has 2 aromatic rings. The van der Waals surface area contributed by atoms with E-state index in [4.69, 9.17) is 14.5 Å². The van der Waals surface area contributed by atoms with Gasteiger partial charge >= 0.3 is 0 Å². The maximum Gasteiger partial charge on any atom is 0.162 e. The van der Waals surface area contributed by atoms with Crippen molar-refractivity contribution in [3.63, 3.8) is 0 Å². The second-order valence-corrected chi connectivity index (χ2v) is 10.3. The second kappa shape index (κ2) is 8.89. The Morgan fingerprint density at radius 3 is 2.72 bits per heavy atom. The van der Waals surface area contributed by atoms with E-state index in [9.17, 15) is 5.26 Å². The fourth-order valence-corrected chi connectivity index (χ4v) is 5.37. The lowest BCUT2D eigenvalue weighted by Crippen LogP contribution is -2.26. The second-order valence-electron chi connectivity index (χ2n) is 8.32. The summed E-state index contributed by atoms with van der Waals surface area (Å²) in [6.45, 7) is 9.42. The first-order valence-electron chi connectivity index (χ1n) is 9.87. The van der Waals surface area contributed by atoms with Gasteiger partial charge in [-0.1, -0.05) is 20.8 Å². The van der Waals surface area contributed by atoms with Crippen molar-refractivity contribution in [3.05, 3.63) is 38.2 Å². The van der Waals surface area contributed by atoms with Crippen LogP contribution in [0.1, 0.15) is 55.7 Å². The van der Waals surface area contributed by atoms with E-state index in [1.807, 2.05) is 19.1 Å². The molecule has 1 atom stereocenters. The molecule has 0 radical (unpaired) electrons. The molecule has 3 rings (SSSR count). The highest BCUT2D eigenvalue weighted by Gasteiger charge is 2.32. The fourth-order valence-electron chi connectivity index (χ4n) is 3.72. The lowest BCUT2D eigenvalue weighted by atomic mass is 9.72. The van der Waals surface area contributed by atoms with Gasteiger partial charge in [0, 0.05) is 21.1 Å². The van der Waals surface area contributed by atoms with Gasteiger partial charge in [0.05, 0.1) is 19.3 Å². The molecule has 0 aliphatic heterocycles. The zero-order valence-corrected chi connectivity index (χ0v) is 20.0. The molecule has 0 unspecified atom stereocenters.